The molecule has 3 aromatic carbocycles. The molecule has 0 unspecified atom stereocenters. The average Bonchev–Trinajstić information content (AvgIpc) is 2.91. The molecule has 7 nitrogen and oxygen atoms in total. The monoisotopic (exact) mass is 583 g/mol. The summed E-state index contributed by atoms with van der Waals surface area (Å²) < 4.78 is 27.1. The maximum absolute atomic E-state index is 14.1. The number of carbonyl (C=O) groups is 2. The highest BCUT2D eigenvalue weighted by molar-refractivity contribution is 7.92. The maximum Gasteiger partial charge on any atom is 0.244 e. The lowest BCUT2D eigenvalue weighted by Crippen LogP contribution is -2.54. The minimum absolute atomic E-state index is 0.0966. The molecule has 0 aromatic heterocycles. The van der Waals surface area contributed by atoms with E-state index in [-0.39, 0.29) is 24.9 Å². The van der Waals surface area contributed by atoms with Crippen LogP contribution >= 0.6 is 11.6 Å². The topological polar surface area (TPSA) is 86.8 Å². The van der Waals surface area contributed by atoms with Gasteiger partial charge in [0.2, 0.25) is 21.8 Å². The van der Waals surface area contributed by atoms with E-state index in [9.17, 15) is 18.0 Å². The maximum atomic E-state index is 14.1. The lowest BCUT2D eigenvalue weighted by atomic mass is 10.0. The van der Waals surface area contributed by atoms with Gasteiger partial charge in [-0.2, -0.15) is 0 Å². The Hall–Kier alpha value is -3.36. The van der Waals surface area contributed by atoms with Crippen molar-refractivity contribution in [2.24, 2.45) is 0 Å². The van der Waals surface area contributed by atoms with Gasteiger partial charge in [-0.05, 0) is 67.6 Å². The normalized spacial score (nSPS) is 12.8. The lowest BCUT2D eigenvalue weighted by molar-refractivity contribution is -0.140. The van der Waals surface area contributed by atoms with Gasteiger partial charge in [-0.15, -0.1) is 0 Å². The summed E-state index contributed by atoms with van der Waals surface area (Å²) in [5.74, 6) is -0.778. The van der Waals surface area contributed by atoms with Gasteiger partial charge in [-0.25, -0.2) is 8.42 Å². The fourth-order valence-corrected chi connectivity index (χ4v) is 5.41. The molecule has 0 spiro atoms. The first-order chi connectivity index (χ1) is 18.9. The van der Waals surface area contributed by atoms with Crippen molar-refractivity contribution in [2.75, 3.05) is 17.1 Å². The minimum Gasteiger partial charge on any atom is -0.352 e. The molecule has 0 fully saturated rings. The van der Waals surface area contributed by atoms with E-state index in [0.29, 0.717) is 10.7 Å². The second-order valence-corrected chi connectivity index (χ2v) is 12.5. The summed E-state index contributed by atoms with van der Waals surface area (Å²) in [6, 6.07) is 20.9. The van der Waals surface area contributed by atoms with Gasteiger partial charge in [-0.1, -0.05) is 73.1 Å². The molecular weight excluding hydrogens is 546 g/mol. The molecule has 3 rings (SSSR count). The first-order valence-electron chi connectivity index (χ1n) is 13.3. The molecule has 0 heterocycles. The van der Waals surface area contributed by atoms with E-state index in [2.05, 4.69) is 5.32 Å². The van der Waals surface area contributed by atoms with Gasteiger partial charge in [0.25, 0.3) is 0 Å². The summed E-state index contributed by atoms with van der Waals surface area (Å²) in [6.45, 7) is 7.26. The number of nitrogens with zero attached hydrogens (tertiary/aromatic N) is 2. The van der Waals surface area contributed by atoms with Gasteiger partial charge >= 0.3 is 0 Å². The molecule has 0 aliphatic carbocycles. The van der Waals surface area contributed by atoms with Crippen LogP contribution in [0.25, 0.3) is 0 Å². The molecule has 9 heteroatoms. The van der Waals surface area contributed by atoms with Gasteiger partial charge in [0.15, 0.2) is 0 Å². The van der Waals surface area contributed by atoms with Crippen molar-refractivity contribution in [3.05, 3.63) is 100 Å². The smallest absolute Gasteiger partial charge is 0.244 e. The summed E-state index contributed by atoms with van der Waals surface area (Å²) in [6.07, 6.45) is 2.08. The van der Waals surface area contributed by atoms with E-state index in [4.69, 9.17) is 11.6 Å². The predicted molar refractivity (Wildman–Crippen MR) is 162 cm³/mol. The molecule has 0 bridgehead atoms. The molecule has 0 aliphatic rings. The Balaban J connectivity index is 2.08. The fourth-order valence-electron chi connectivity index (χ4n) is 4.38. The van der Waals surface area contributed by atoms with Crippen LogP contribution in [0, 0.1) is 13.8 Å². The number of nitrogens with one attached hydrogen (secondary N) is 1. The van der Waals surface area contributed by atoms with Gasteiger partial charge in [-0.3, -0.25) is 13.9 Å². The van der Waals surface area contributed by atoms with Crippen LogP contribution in [0.4, 0.5) is 5.69 Å². The van der Waals surface area contributed by atoms with E-state index in [0.717, 1.165) is 39.2 Å². The second-order valence-electron chi connectivity index (χ2n) is 10.2. The second kappa shape index (κ2) is 13.8. The molecule has 0 saturated heterocycles. The highest BCUT2D eigenvalue weighted by Crippen LogP contribution is 2.26. The Kier molecular flexibility index (Phi) is 10.8. The number of benzene rings is 3. The molecule has 40 heavy (non-hydrogen) atoms. The van der Waals surface area contributed by atoms with Crippen LogP contribution in [0.3, 0.4) is 0 Å². The number of sulfonamides is 1. The highest BCUT2D eigenvalue weighted by atomic mass is 35.5. The Labute approximate surface area is 243 Å². The average molecular weight is 584 g/mol. The highest BCUT2D eigenvalue weighted by Gasteiger charge is 2.33. The summed E-state index contributed by atoms with van der Waals surface area (Å²) in [5, 5.41) is 3.58. The predicted octanol–water partition coefficient (Wildman–Crippen LogP) is 5.28. The van der Waals surface area contributed by atoms with Crippen LogP contribution in [0.2, 0.25) is 5.02 Å². The third kappa shape index (κ3) is 8.32. The third-order valence-electron chi connectivity index (χ3n) is 7.06. The quantitative estimate of drug-likeness (QED) is 0.314. The molecule has 1 N–H and O–H groups in total. The molecule has 3 aromatic rings. The van der Waals surface area contributed by atoms with Crippen molar-refractivity contribution in [2.45, 2.75) is 59.2 Å². The summed E-state index contributed by atoms with van der Waals surface area (Å²) in [5.41, 5.74) is 3.76. The molecule has 0 saturated carbocycles. The molecular formula is C31H38ClN3O4S. The number of amides is 2. The number of halogens is 1. The molecule has 2 amide bonds. The molecule has 0 aliphatic heterocycles. The zero-order valence-corrected chi connectivity index (χ0v) is 25.3. The van der Waals surface area contributed by atoms with Crippen molar-refractivity contribution >= 4 is 39.1 Å². The summed E-state index contributed by atoms with van der Waals surface area (Å²) in [4.78, 5) is 29.3. The Morgan fingerprint density at radius 2 is 1.57 bits per heavy atom. The Morgan fingerprint density at radius 3 is 2.17 bits per heavy atom. The zero-order chi connectivity index (χ0) is 29.4. The number of rotatable bonds is 12. The summed E-state index contributed by atoms with van der Waals surface area (Å²) in [7, 11) is -3.82. The SMILES string of the molecule is CC[C@@H](C)NC(=O)[C@H](Cc1ccccc1)N(Cc1ccc(Cl)cc1)C(=O)CN(c1cccc(C)c1C)S(C)(=O)=O. The van der Waals surface area contributed by atoms with Gasteiger partial charge in [0, 0.05) is 24.0 Å². The lowest BCUT2D eigenvalue weighted by Gasteiger charge is -2.34. The van der Waals surface area contributed by atoms with E-state index in [1.165, 1.54) is 4.90 Å². The van der Waals surface area contributed by atoms with Crippen molar-refractivity contribution < 1.29 is 18.0 Å². The van der Waals surface area contributed by atoms with Crippen molar-refractivity contribution in [3.63, 3.8) is 0 Å². The zero-order valence-electron chi connectivity index (χ0n) is 23.7. The first-order valence-corrected chi connectivity index (χ1v) is 15.6. The number of aryl methyl sites for hydroxylation is 1. The molecule has 214 valence electrons. The van der Waals surface area contributed by atoms with E-state index < -0.39 is 28.5 Å². The number of anilines is 1. The standard InChI is InChI=1S/C31H38ClN3O4S/c1-6-23(3)33-31(37)29(19-25-12-8-7-9-13-25)34(20-26-15-17-27(32)18-16-26)30(36)21-35(40(5,38)39)28-14-10-11-22(2)24(28)4/h7-18,23,29H,6,19-21H2,1-5H3,(H,33,37)/t23-,29+/m1/s1. The van der Waals surface area contributed by atoms with Crippen LogP contribution < -0.4 is 9.62 Å². The molecule has 0 radical (unpaired) electrons. The Morgan fingerprint density at radius 1 is 0.925 bits per heavy atom. The van der Waals surface area contributed by atoms with Crippen LogP contribution in [0.1, 0.15) is 42.5 Å². The van der Waals surface area contributed by atoms with Crippen LogP contribution in [0.15, 0.2) is 72.8 Å². The van der Waals surface area contributed by atoms with Gasteiger partial charge < -0.3 is 10.2 Å². The van der Waals surface area contributed by atoms with Gasteiger partial charge in [0.05, 0.1) is 11.9 Å². The van der Waals surface area contributed by atoms with Crippen molar-refractivity contribution in [1.29, 1.82) is 0 Å². The third-order valence-corrected chi connectivity index (χ3v) is 8.44. The largest absolute Gasteiger partial charge is 0.352 e. The molecule has 2 atom stereocenters. The van der Waals surface area contributed by atoms with Crippen molar-refractivity contribution in [3.8, 4) is 0 Å². The van der Waals surface area contributed by atoms with Crippen LogP contribution in [-0.2, 0) is 32.6 Å². The number of carbonyl (C=O) groups excluding carboxylic acids is 2. The number of hydrogen-bond acceptors (Lipinski definition) is 4. The Bertz CT molecular complexity index is 1410. The summed E-state index contributed by atoms with van der Waals surface area (Å²) >= 11 is 6.10. The fraction of sp³-hybridized carbons (Fsp3) is 0.355. The van der Waals surface area contributed by atoms with Crippen molar-refractivity contribution in [1.82, 2.24) is 10.2 Å². The van der Waals surface area contributed by atoms with Crippen LogP contribution in [0.5, 0.6) is 0 Å². The van der Waals surface area contributed by atoms with E-state index >= 15 is 0 Å². The first kappa shape index (κ1) is 31.2. The van der Waals surface area contributed by atoms with E-state index in [1.807, 2.05) is 64.1 Å². The van der Waals surface area contributed by atoms with Crippen LogP contribution in [-0.4, -0.2) is 50.0 Å². The van der Waals surface area contributed by atoms with Gasteiger partial charge in [0.1, 0.15) is 12.6 Å². The van der Waals surface area contributed by atoms with E-state index in [1.54, 1.807) is 36.4 Å². The minimum atomic E-state index is -3.82. The number of hydrogen-bond donors (Lipinski definition) is 1.